The molecule has 2 aromatic heterocycles. The molecule has 0 unspecified atom stereocenters. The maximum atomic E-state index is 12.1. The number of nitrogens with zero attached hydrogens (tertiary/aromatic N) is 4. The molecule has 1 amide bonds. The zero-order chi connectivity index (χ0) is 19.2. The van der Waals surface area contributed by atoms with Gasteiger partial charge in [-0.05, 0) is 25.0 Å². The van der Waals surface area contributed by atoms with Gasteiger partial charge in [-0.15, -0.1) is 0 Å². The summed E-state index contributed by atoms with van der Waals surface area (Å²) >= 11 is 0. The van der Waals surface area contributed by atoms with Crippen LogP contribution in [0.15, 0.2) is 30.9 Å². The van der Waals surface area contributed by atoms with Crippen LogP contribution in [-0.4, -0.2) is 47.0 Å². The molecular weight excluding hydrogens is 350 g/mol. The van der Waals surface area contributed by atoms with E-state index in [1.54, 1.807) is 12.1 Å². The molecule has 1 aliphatic rings. The SMILES string of the molecule is COC(=O)C1CCN(c2ncnc(NNC(=O)c3ccncc3)c2N)CC1. The average molecular weight is 371 g/mol. The lowest BCUT2D eigenvalue weighted by atomic mass is 9.97. The highest BCUT2D eigenvalue weighted by Crippen LogP contribution is 2.29. The van der Waals surface area contributed by atoms with Gasteiger partial charge in [-0.2, -0.15) is 0 Å². The van der Waals surface area contributed by atoms with Gasteiger partial charge in [0.25, 0.3) is 5.91 Å². The highest BCUT2D eigenvalue weighted by atomic mass is 16.5. The second kappa shape index (κ2) is 8.30. The molecule has 10 nitrogen and oxygen atoms in total. The minimum Gasteiger partial charge on any atom is -0.469 e. The number of aromatic nitrogens is 3. The topological polar surface area (TPSA) is 135 Å². The van der Waals surface area contributed by atoms with Crippen molar-refractivity contribution < 1.29 is 14.3 Å². The number of pyridine rings is 1. The van der Waals surface area contributed by atoms with Crippen LogP contribution in [-0.2, 0) is 9.53 Å². The van der Waals surface area contributed by atoms with Crippen molar-refractivity contribution in [3.8, 4) is 0 Å². The van der Waals surface area contributed by atoms with E-state index in [2.05, 4.69) is 25.8 Å². The second-order valence-corrected chi connectivity index (χ2v) is 6.06. The second-order valence-electron chi connectivity index (χ2n) is 6.06. The minimum absolute atomic E-state index is 0.105. The Balaban J connectivity index is 1.64. The zero-order valence-electron chi connectivity index (χ0n) is 14.9. The van der Waals surface area contributed by atoms with Crippen LogP contribution < -0.4 is 21.5 Å². The van der Waals surface area contributed by atoms with Crippen LogP contribution in [0.1, 0.15) is 23.2 Å². The molecular formula is C17H21N7O3. The van der Waals surface area contributed by atoms with Crippen LogP contribution >= 0.6 is 0 Å². The number of carbonyl (C=O) groups excluding carboxylic acids is 2. The van der Waals surface area contributed by atoms with Crippen LogP contribution in [0.5, 0.6) is 0 Å². The lowest BCUT2D eigenvalue weighted by Crippen LogP contribution is -2.38. The highest BCUT2D eigenvalue weighted by molar-refractivity contribution is 5.95. The first kappa shape index (κ1) is 18.4. The van der Waals surface area contributed by atoms with Crippen LogP contribution in [0.2, 0.25) is 0 Å². The largest absolute Gasteiger partial charge is 0.469 e. The highest BCUT2D eigenvalue weighted by Gasteiger charge is 2.27. The quantitative estimate of drug-likeness (QED) is 0.510. The number of esters is 1. The van der Waals surface area contributed by atoms with Crippen LogP contribution in [0.25, 0.3) is 0 Å². The summed E-state index contributed by atoms with van der Waals surface area (Å²) in [5.41, 5.74) is 12.2. The van der Waals surface area contributed by atoms with Crippen LogP contribution in [0.3, 0.4) is 0 Å². The van der Waals surface area contributed by atoms with E-state index >= 15 is 0 Å². The predicted octanol–water partition coefficient (Wildman–Crippen LogP) is 0.600. The van der Waals surface area contributed by atoms with Gasteiger partial charge in [0.2, 0.25) is 0 Å². The van der Waals surface area contributed by atoms with Gasteiger partial charge in [-0.1, -0.05) is 0 Å². The standard InChI is InChI=1S/C17H21N7O3/c1-27-17(26)12-4-8-24(9-5-12)15-13(18)14(20-10-21-15)22-23-16(25)11-2-6-19-7-3-11/h2-3,6-7,10,12H,4-5,8-9,18H2,1H3,(H,23,25)(H,20,21,22). The Labute approximate surface area is 156 Å². The molecule has 4 N–H and O–H groups in total. The fourth-order valence-electron chi connectivity index (χ4n) is 2.92. The number of ether oxygens (including phenoxy) is 1. The number of methoxy groups -OCH3 is 1. The maximum Gasteiger partial charge on any atom is 0.308 e. The van der Waals surface area contributed by atoms with Crippen molar-refractivity contribution in [2.24, 2.45) is 5.92 Å². The molecule has 0 bridgehead atoms. The third-order valence-electron chi connectivity index (χ3n) is 4.43. The number of carbonyl (C=O) groups is 2. The summed E-state index contributed by atoms with van der Waals surface area (Å²) in [7, 11) is 1.40. The number of anilines is 3. The summed E-state index contributed by atoms with van der Waals surface area (Å²) in [5, 5.41) is 0. The molecule has 1 saturated heterocycles. The van der Waals surface area contributed by atoms with Crippen LogP contribution in [0, 0.1) is 5.92 Å². The number of hydrogen-bond acceptors (Lipinski definition) is 9. The number of nitrogen functional groups attached to an aromatic ring is 1. The Hall–Kier alpha value is -3.43. The molecule has 3 rings (SSSR count). The monoisotopic (exact) mass is 371 g/mol. The van der Waals surface area contributed by atoms with E-state index in [0.717, 1.165) is 0 Å². The number of amides is 1. The van der Waals surface area contributed by atoms with E-state index in [-0.39, 0.29) is 17.8 Å². The molecule has 0 saturated carbocycles. The third kappa shape index (κ3) is 4.22. The molecule has 0 spiro atoms. The van der Waals surface area contributed by atoms with Gasteiger partial charge in [-0.3, -0.25) is 25.4 Å². The lowest BCUT2D eigenvalue weighted by molar-refractivity contribution is -0.146. The number of hydrazine groups is 1. The Morgan fingerprint density at radius 3 is 2.59 bits per heavy atom. The summed E-state index contributed by atoms with van der Waals surface area (Å²) in [4.78, 5) is 37.9. The summed E-state index contributed by atoms with van der Waals surface area (Å²) < 4.78 is 4.80. The van der Waals surface area contributed by atoms with E-state index in [0.29, 0.717) is 48.8 Å². The van der Waals surface area contributed by atoms with Gasteiger partial charge in [-0.25, -0.2) is 9.97 Å². The predicted molar refractivity (Wildman–Crippen MR) is 98.7 cm³/mol. The maximum absolute atomic E-state index is 12.1. The van der Waals surface area contributed by atoms with Crippen molar-refractivity contribution in [3.05, 3.63) is 36.4 Å². The number of rotatable bonds is 5. The van der Waals surface area contributed by atoms with E-state index in [4.69, 9.17) is 10.5 Å². The number of nitrogens with one attached hydrogen (secondary N) is 2. The fraction of sp³-hybridized carbons (Fsp3) is 0.353. The Bertz CT molecular complexity index is 807. The molecule has 0 atom stereocenters. The molecule has 0 aliphatic carbocycles. The van der Waals surface area contributed by atoms with Crippen molar-refractivity contribution in [2.45, 2.75) is 12.8 Å². The minimum atomic E-state index is -0.337. The van der Waals surface area contributed by atoms with Crippen LogP contribution in [0.4, 0.5) is 17.3 Å². The summed E-state index contributed by atoms with van der Waals surface area (Å²) in [6.45, 7) is 1.26. The number of nitrogens with two attached hydrogens (primary N) is 1. The smallest absolute Gasteiger partial charge is 0.308 e. The van der Waals surface area contributed by atoms with Gasteiger partial charge in [0, 0.05) is 31.0 Å². The first-order valence-electron chi connectivity index (χ1n) is 8.49. The molecule has 3 heterocycles. The normalized spacial score (nSPS) is 14.5. The van der Waals surface area contributed by atoms with E-state index in [1.807, 2.05) is 4.90 Å². The van der Waals surface area contributed by atoms with Crippen molar-refractivity contribution in [3.63, 3.8) is 0 Å². The first-order chi connectivity index (χ1) is 13.1. The Morgan fingerprint density at radius 2 is 1.93 bits per heavy atom. The first-order valence-corrected chi connectivity index (χ1v) is 8.49. The van der Waals surface area contributed by atoms with Gasteiger partial charge in [0.05, 0.1) is 13.0 Å². The van der Waals surface area contributed by atoms with Crippen molar-refractivity contribution in [1.29, 1.82) is 0 Å². The Morgan fingerprint density at radius 1 is 1.22 bits per heavy atom. The molecule has 1 aliphatic heterocycles. The summed E-state index contributed by atoms with van der Waals surface area (Å²) in [5.74, 6) is 0.236. The van der Waals surface area contributed by atoms with E-state index in [9.17, 15) is 9.59 Å². The van der Waals surface area contributed by atoms with E-state index < -0.39 is 0 Å². The molecule has 0 aromatic carbocycles. The number of piperidine rings is 1. The molecule has 142 valence electrons. The van der Waals surface area contributed by atoms with Crippen molar-refractivity contribution in [2.75, 3.05) is 36.3 Å². The van der Waals surface area contributed by atoms with E-state index in [1.165, 1.54) is 25.8 Å². The van der Waals surface area contributed by atoms with Crippen molar-refractivity contribution in [1.82, 2.24) is 20.4 Å². The molecule has 27 heavy (non-hydrogen) atoms. The van der Waals surface area contributed by atoms with Crippen molar-refractivity contribution >= 4 is 29.2 Å². The van der Waals surface area contributed by atoms with Gasteiger partial charge in [0.15, 0.2) is 11.6 Å². The average Bonchev–Trinajstić information content (AvgIpc) is 2.73. The zero-order valence-corrected chi connectivity index (χ0v) is 14.9. The van der Waals surface area contributed by atoms with Gasteiger partial charge in [0.1, 0.15) is 12.0 Å². The Kier molecular flexibility index (Phi) is 5.64. The van der Waals surface area contributed by atoms with Gasteiger partial charge < -0.3 is 15.4 Å². The summed E-state index contributed by atoms with van der Waals surface area (Å²) in [6.07, 6.45) is 5.77. The molecule has 1 fully saturated rings. The molecule has 10 heteroatoms. The van der Waals surface area contributed by atoms with Gasteiger partial charge >= 0.3 is 5.97 Å². The molecule has 2 aromatic rings. The third-order valence-corrected chi connectivity index (χ3v) is 4.43. The molecule has 0 radical (unpaired) electrons. The number of hydrogen-bond donors (Lipinski definition) is 3. The lowest BCUT2D eigenvalue weighted by Gasteiger charge is -2.32. The fourth-order valence-corrected chi connectivity index (χ4v) is 2.92. The summed E-state index contributed by atoms with van der Waals surface area (Å²) in [6, 6.07) is 3.19.